The lowest BCUT2D eigenvalue weighted by Crippen LogP contribution is -1.99. The monoisotopic (exact) mass is 264 g/mol. The Morgan fingerprint density at radius 1 is 0.950 bits per heavy atom. The van der Waals surface area contributed by atoms with Crippen molar-refractivity contribution in [1.29, 1.82) is 0 Å². The van der Waals surface area contributed by atoms with Crippen LogP contribution in [0.5, 0.6) is 0 Å². The van der Waals surface area contributed by atoms with Crippen LogP contribution < -0.4 is 5.73 Å². The molecule has 0 radical (unpaired) electrons. The molecule has 0 amide bonds. The third kappa shape index (κ3) is 2.35. The predicted molar refractivity (Wildman–Crippen MR) is 84.8 cm³/mol. The van der Waals surface area contributed by atoms with Crippen LogP contribution in [0.2, 0.25) is 0 Å². The molecule has 0 aliphatic carbocycles. The molecule has 0 bridgehead atoms. The minimum atomic E-state index is 0.590. The van der Waals surface area contributed by atoms with Crippen LogP contribution in [0.1, 0.15) is 23.6 Å². The average Bonchev–Trinajstić information content (AvgIpc) is 2.91. The molecule has 20 heavy (non-hydrogen) atoms. The molecule has 1 aromatic heterocycles. The molecule has 0 aliphatic heterocycles. The maximum Gasteiger partial charge on any atom is 0.0486 e. The summed E-state index contributed by atoms with van der Waals surface area (Å²) in [5.41, 5.74) is 11.0. The second kappa shape index (κ2) is 5.51. The maximum atomic E-state index is 5.80. The van der Waals surface area contributed by atoms with Gasteiger partial charge in [-0.15, -0.1) is 0 Å². The van der Waals surface area contributed by atoms with Crippen molar-refractivity contribution in [2.75, 3.05) is 0 Å². The van der Waals surface area contributed by atoms with Crippen LogP contribution >= 0.6 is 0 Å². The van der Waals surface area contributed by atoms with Gasteiger partial charge in [-0.2, -0.15) is 0 Å². The van der Waals surface area contributed by atoms with Crippen molar-refractivity contribution in [2.45, 2.75) is 26.4 Å². The minimum Gasteiger partial charge on any atom is -0.343 e. The minimum absolute atomic E-state index is 0.590. The Bertz CT molecular complexity index is 708. The fourth-order valence-corrected chi connectivity index (χ4v) is 2.68. The molecule has 0 fully saturated rings. The van der Waals surface area contributed by atoms with E-state index in [1.807, 2.05) is 0 Å². The Hall–Kier alpha value is -2.06. The van der Waals surface area contributed by atoms with Gasteiger partial charge >= 0.3 is 0 Å². The number of nitrogens with zero attached hydrogens (tertiary/aromatic N) is 1. The van der Waals surface area contributed by atoms with Gasteiger partial charge in [-0.05, 0) is 35.2 Å². The summed E-state index contributed by atoms with van der Waals surface area (Å²) in [7, 11) is 0. The fraction of sp³-hybridized carbons (Fsp3) is 0.222. The number of aryl methyl sites for hydroxylation is 1. The van der Waals surface area contributed by atoms with Crippen molar-refractivity contribution in [3.05, 3.63) is 71.4 Å². The fourth-order valence-electron chi connectivity index (χ4n) is 2.68. The second-order valence-corrected chi connectivity index (χ2v) is 5.17. The van der Waals surface area contributed by atoms with Crippen LogP contribution in [0, 0.1) is 0 Å². The van der Waals surface area contributed by atoms with E-state index in [-0.39, 0.29) is 0 Å². The Balaban J connectivity index is 1.94. The molecule has 2 heteroatoms. The molecule has 2 nitrogen and oxygen atoms in total. The van der Waals surface area contributed by atoms with E-state index in [4.69, 9.17) is 5.73 Å². The molecule has 3 rings (SSSR count). The van der Waals surface area contributed by atoms with Gasteiger partial charge < -0.3 is 10.3 Å². The molecule has 102 valence electrons. The Morgan fingerprint density at radius 2 is 1.70 bits per heavy atom. The predicted octanol–water partition coefficient (Wildman–Crippen LogP) is 3.71. The topological polar surface area (TPSA) is 30.9 Å². The number of aromatic nitrogens is 1. The first-order chi connectivity index (χ1) is 9.81. The zero-order valence-electron chi connectivity index (χ0n) is 11.8. The Kier molecular flexibility index (Phi) is 3.57. The van der Waals surface area contributed by atoms with Gasteiger partial charge in [0, 0.05) is 30.2 Å². The van der Waals surface area contributed by atoms with Gasteiger partial charge in [-0.25, -0.2) is 0 Å². The van der Waals surface area contributed by atoms with Crippen LogP contribution in [-0.2, 0) is 19.5 Å². The van der Waals surface area contributed by atoms with Gasteiger partial charge in [0.25, 0.3) is 0 Å². The summed E-state index contributed by atoms with van der Waals surface area (Å²) in [6.07, 6.45) is 3.24. The lowest BCUT2D eigenvalue weighted by molar-refractivity contribution is 0.835. The van der Waals surface area contributed by atoms with E-state index in [1.54, 1.807) is 0 Å². The van der Waals surface area contributed by atoms with E-state index in [0.717, 1.165) is 13.0 Å². The number of nitrogens with two attached hydrogens (primary N) is 1. The number of benzene rings is 2. The van der Waals surface area contributed by atoms with E-state index < -0.39 is 0 Å². The first-order valence-electron chi connectivity index (χ1n) is 7.16. The highest BCUT2D eigenvalue weighted by Crippen LogP contribution is 2.21. The molecule has 2 aromatic carbocycles. The molecular formula is C18H20N2. The van der Waals surface area contributed by atoms with E-state index in [2.05, 4.69) is 66.2 Å². The van der Waals surface area contributed by atoms with Gasteiger partial charge in [0.2, 0.25) is 0 Å². The van der Waals surface area contributed by atoms with Crippen LogP contribution in [0.3, 0.4) is 0 Å². The Labute approximate surface area is 119 Å². The van der Waals surface area contributed by atoms with Crippen LogP contribution in [0.15, 0.2) is 54.7 Å². The summed E-state index contributed by atoms with van der Waals surface area (Å²) in [4.78, 5) is 0. The second-order valence-electron chi connectivity index (χ2n) is 5.17. The number of fused-ring (bicyclic) bond motifs is 1. The zero-order valence-corrected chi connectivity index (χ0v) is 11.8. The standard InChI is InChI=1S/C18H20N2/c1-2-14-6-8-15(9-7-14)13-20-11-10-17-16(12-19)4-3-5-18(17)20/h3-11H,2,12-13,19H2,1H3. The molecule has 0 saturated heterocycles. The molecule has 0 saturated carbocycles. The smallest absolute Gasteiger partial charge is 0.0486 e. The van der Waals surface area contributed by atoms with Gasteiger partial charge in [0.15, 0.2) is 0 Å². The quantitative estimate of drug-likeness (QED) is 0.765. The van der Waals surface area contributed by atoms with E-state index in [1.165, 1.54) is 27.6 Å². The molecule has 3 aromatic rings. The zero-order chi connectivity index (χ0) is 13.9. The highest BCUT2D eigenvalue weighted by Gasteiger charge is 2.05. The summed E-state index contributed by atoms with van der Waals surface area (Å²) < 4.78 is 2.29. The molecule has 0 spiro atoms. The number of rotatable bonds is 4. The normalized spacial score (nSPS) is 11.1. The number of hydrogen-bond donors (Lipinski definition) is 1. The van der Waals surface area contributed by atoms with Crippen molar-refractivity contribution in [2.24, 2.45) is 5.73 Å². The third-order valence-electron chi connectivity index (χ3n) is 3.91. The molecule has 1 heterocycles. The van der Waals surface area contributed by atoms with Crippen LogP contribution in [-0.4, -0.2) is 4.57 Å². The summed E-state index contributed by atoms with van der Waals surface area (Å²) in [5, 5.41) is 1.26. The summed E-state index contributed by atoms with van der Waals surface area (Å²) in [6, 6.07) is 17.4. The van der Waals surface area contributed by atoms with Crippen LogP contribution in [0.4, 0.5) is 0 Å². The molecule has 2 N–H and O–H groups in total. The van der Waals surface area contributed by atoms with Crippen molar-refractivity contribution in [3.8, 4) is 0 Å². The summed E-state index contributed by atoms with van der Waals surface area (Å²) in [5.74, 6) is 0. The molecular weight excluding hydrogens is 244 g/mol. The highest BCUT2D eigenvalue weighted by molar-refractivity contribution is 5.83. The largest absolute Gasteiger partial charge is 0.343 e. The number of hydrogen-bond acceptors (Lipinski definition) is 1. The van der Waals surface area contributed by atoms with Gasteiger partial charge in [-0.3, -0.25) is 0 Å². The van der Waals surface area contributed by atoms with Crippen molar-refractivity contribution in [3.63, 3.8) is 0 Å². The van der Waals surface area contributed by atoms with Crippen molar-refractivity contribution >= 4 is 10.9 Å². The van der Waals surface area contributed by atoms with E-state index in [9.17, 15) is 0 Å². The highest BCUT2D eigenvalue weighted by atomic mass is 14.9. The molecule has 0 atom stereocenters. The molecule has 0 unspecified atom stereocenters. The van der Waals surface area contributed by atoms with E-state index >= 15 is 0 Å². The van der Waals surface area contributed by atoms with Gasteiger partial charge in [0.1, 0.15) is 0 Å². The summed E-state index contributed by atoms with van der Waals surface area (Å²) in [6.45, 7) is 3.68. The van der Waals surface area contributed by atoms with E-state index in [0.29, 0.717) is 6.54 Å². The molecule has 0 aliphatic rings. The van der Waals surface area contributed by atoms with Gasteiger partial charge in [-0.1, -0.05) is 43.3 Å². The maximum absolute atomic E-state index is 5.80. The van der Waals surface area contributed by atoms with Crippen molar-refractivity contribution < 1.29 is 0 Å². The first kappa shape index (κ1) is 12.9. The third-order valence-corrected chi connectivity index (χ3v) is 3.91. The average molecular weight is 264 g/mol. The van der Waals surface area contributed by atoms with Crippen LogP contribution in [0.25, 0.3) is 10.9 Å². The van der Waals surface area contributed by atoms with Crippen molar-refractivity contribution in [1.82, 2.24) is 4.57 Å². The first-order valence-corrected chi connectivity index (χ1v) is 7.16. The lowest BCUT2D eigenvalue weighted by atomic mass is 10.1. The van der Waals surface area contributed by atoms with Gasteiger partial charge in [0.05, 0.1) is 0 Å². The Morgan fingerprint density at radius 3 is 2.40 bits per heavy atom. The SMILES string of the molecule is CCc1ccc(Cn2ccc3c(CN)cccc32)cc1. The lowest BCUT2D eigenvalue weighted by Gasteiger charge is -2.07. The summed E-state index contributed by atoms with van der Waals surface area (Å²) >= 11 is 0.